The van der Waals surface area contributed by atoms with Gasteiger partial charge in [-0.1, -0.05) is 111 Å². The van der Waals surface area contributed by atoms with E-state index in [0.717, 1.165) is 32.6 Å². The molecule has 0 aromatic rings. The Hall–Kier alpha value is -0.160. The summed E-state index contributed by atoms with van der Waals surface area (Å²) in [6, 6.07) is 0. The van der Waals surface area contributed by atoms with Crippen molar-refractivity contribution in [3.63, 3.8) is 0 Å². The molecule has 0 aliphatic heterocycles. The minimum absolute atomic E-state index is 0.286. The molecule has 190 valence electrons. The number of unbranched alkanes of at least 4 members (excludes halogenated alkanes) is 15. The molecule has 0 bridgehead atoms. The standard InChI is InChI=1S/C18H40N2.C9H22N2/c19-17-15-13-11-9-7-5-3-1-2-4-6-8-10-12-14-16-18-20;1-8(4-5-10)6-9(2,3)7-11/h1-20H2;8H,4-7,10-11H2,1-3H3. The summed E-state index contributed by atoms with van der Waals surface area (Å²) in [5.41, 5.74) is 22.3. The van der Waals surface area contributed by atoms with Crippen LogP contribution in [0.25, 0.3) is 0 Å². The minimum Gasteiger partial charge on any atom is -0.330 e. The van der Waals surface area contributed by atoms with Crippen molar-refractivity contribution in [3.05, 3.63) is 0 Å². The molecule has 0 rings (SSSR count). The molecule has 0 heterocycles. The highest BCUT2D eigenvalue weighted by Gasteiger charge is 2.18. The van der Waals surface area contributed by atoms with Gasteiger partial charge in [0.25, 0.3) is 0 Å². The lowest BCUT2D eigenvalue weighted by Crippen LogP contribution is -2.26. The largest absolute Gasteiger partial charge is 0.330 e. The Morgan fingerprint density at radius 3 is 1.00 bits per heavy atom. The summed E-state index contributed by atoms with van der Waals surface area (Å²) in [4.78, 5) is 0. The molecule has 0 aliphatic carbocycles. The van der Waals surface area contributed by atoms with Gasteiger partial charge in [0.15, 0.2) is 0 Å². The predicted octanol–water partition coefficient (Wildman–Crippen LogP) is 6.49. The van der Waals surface area contributed by atoms with Crippen LogP contribution in [0.3, 0.4) is 0 Å². The Labute approximate surface area is 197 Å². The maximum absolute atomic E-state index is 5.62. The molecule has 1 atom stereocenters. The topological polar surface area (TPSA) is 104 Å². The summed E-state index contributed by atoms with van der Waals surface area (Å²) in [6.07, 6.45) is 24.6. The van der Waals surface area contributed by atoms with Gasteiger partial charge >= 0.3 is 0 Å². The Morgan fingerprint density at radius 1 is 0.484 bits per heavy atom. The summed E-state index contributed by atoms with van der Waals surface area (Å²) in [7, 11) is 0. The molecule has 31 heavy (non-hydrogen) atoms. The summed E-state index contributed by atoms with van der Waals surface area (Å²) in [5, 5.41) is 0. The van der Waals surface area contributed by atoms with E-state index in [1.54, 1.807) is 0 Å². The number of hydrogen-bond acceptors (Lipinski definition) is 4. The average Bonchev–Trinajstić information content (AvgIpc) is 2.74. The Kier molecular flexibility index (Phi) is 27.8. The third-order valence-corrected chi connectivity index (χ3v) is 6.27. The smallest absolute Gasteiger partial charge is 0.00257 e. The van der Waals surface area contributed by atoms with Crippen molar-refractivity contribution in [2.45, 2.75) is 136 Å². The summed E-state index contributed by atoms with van der Waals surface area (Å²) >= 11 is 0. The monoisotopic (exact) mass is 442 g/mol. The van der Waals surface area contributed by atoms with Crippen molar-refractivity contribution in [1.29, 1.82) is 0 Å². The molecule has 4 nitrogen and oxygen atoms in total. The fraction of sp³-hybridized carbons (Fsp3) is 1.00. The normalized spacial score (nSPS) is 12.5. The average molecular weight is 443 g/mol. The quantitative estimate of drug-likeness (QED) is 0.144. The Morgan fingerprint density at radius 2 is 0.774 bits per heavy atom. The maximum atomic E-state index is 5.62. The van der Waals surface area contributed by atoms with Gasteiger partial charge in [0.1, 0.15) is 0 Å². The van der Waals surface area contributed by atoms with Crippen molar-refractivity contribution < 1.29 is 0 Å². The molecule has 1 unspecified atom stereocenters. The molecular formula is C27H62N4. The highest BCUT2D eigenvalue weighted by atomic mass is 14.6. The first-order valence-corrected chi connectivity index (χ1v) is 13.7. The molecule has 0 aromatic heterocycles. The summed E-state index contributed by atoms with van der Waals surface area (Å²) < 4.78 is 0. The van der Waals surface area contributed by atoms with Crippen LogP contribution >= 0.6 is 0 Å². The molecule has 0 aliphatic rings. The number of hydrogen-bond donors (Lipinski definition) is 4. The SMILES string of the molecule is CC(CCN)CC(C)(C)CN.NCCCCCCCCCCCCCCCCCCN. The van der Waals surface area contributed by atoms with Crippen LogP contribution in [0.15, 0.2) is 0 Å². The van der Waals surface area contributed by atoms with Gasteiger partial charge in [0.2, 0.25) is 0 Å². The highest BCUT2D eigenvalue weighted by molar-refractivity contribution is 4.72. The van der Waals surface area contributed by atoms with E-state index in [2.05, 4.69) is 20.8 Å². The lowest BCUT2D eigenvalue weighted by atomic mass is 9.82. The number of rotatable bonds is 22. The third-order valence-electron chi connectivity index (χ3n) is 6.27. The Bertz CT molecular complexity index is 302. The predicted molar refractivity (Wildman–Crippen MR) is 142 cm³/mol. The first-order valence-electron chi connectivity index (χ1n) is 13.7. The molecule has 8 N–H and O–H groups in total. The van der Waals surface area contributed by atoms with Crippen molar-refractivity contribution in [1.82, 2.24) is 0 Å². The van der Waals surface area contributed by atoms with Crippen LogP contribution in [-0.2, 0) is 0 Å². The zero-order chi connectivity index (χ0) is 23.6. The van der Waals surface area contributed by atoms with Gasteiger partial charge in [-0.15, -0.1) is 0 Å². The zero-order valence-electron chi connectivity index (χ0n) is 21.9. The third kappa shape index (κ3) is 29.8. The van der Waals surface area contributed by atoms with Gasteiger partial charge in [0.05, 0.1) is 0 Å². The van der Waals surface area contributed by atoms with Crippen LogP contribution in [0.2, 0.25) is 0 Å². The van der Waals surface area contributed by atoms with Crippen LogP contribution < -0.4 is 22.9 Å². The van der Waals surface area contributed by atoms with Gasteiger partial charge in [-0.2, -0.15) is 0 Å². The molecule has 0 fully saturated rings. The summed E-state index contributed by atoms with van der Waals surface area (Å²) in [6.45, 7) is 9.95. The second-order valence-electron chi connectivity index (χ2n) is 10.5. The fourth-order valence-electron chi connectivity index (χ4n) is 4.18. The molecule has 0 spiro atoms. The van der Waals surface area contributed by atoms with E-state index in [1.165, 1.54) is 109 Å². The van der Waals surface area contributed by atoms with E-state index in [9.17, 15) is 0 Å². The minimum atomic E-state index is 0.286. The van der Waals surface area contributed by atoms with Crippen molar-refractivity contribution >= 4 is 0 Å². The first kappa shape index (κ1) is 33.0. The maximum Gasteiger partial charge on any atom is -0.00257 e. The van der Waals surface area contributed by atoms with Gasteiger partial charge in [-0.05, 0) is 63.2 Å². The second-order valence-corrected chi connectivity index (χ2v) is 10.5. The van der Waals surface area contributed by atoms with E-state index < -0.39 is 0 Å². The van der Waals surface area contributed by atoms with Crippen molar-refractivity contribution in [3.8, 4) is 0 Å². The van der Waals surface area contributed by atoms with Crippen LogP contribution in [0.1, 0.15) is 136 Å². The van der Waals surface area contributed by atoms with Gasteiger partial charge in [-0.25, -0.2) is 0 Å². The molecule has 0 amide bonds. The lowest BCUT2D eigenvalue weighted by molar-refractivity contribution is 0.279. The van der Waals surface area contributed by atoms with Crippen molar-refractivity contribution in [2.24, 2.45) is 34.3 Å². The fourth-order valence-corrected chi connectivity index (χ4v) is 4.18. The zero-order valence-corrected chi connectivity index (χ0v) is 21.9. The van der Waals surface area contributed by atoms with E-state index in [4.69, 9.17) is 22.9 Å². The van der Waals surface area contributed by atoms with E-state index in [1.807, 2.05) is 0 Å². The molecule has 0 aromatic carbocycles. The molecule has 0 radical (unpaired) electrons. The van der Waals surface area contributed by atoms with E-state index >= 15 is 0 Å². The molecule has 0 saturated carbocycles. The molecule has 4 heteroatoms. The van der Waals surface area contributed by atoms with Crippen molar-refractivity contribution in [2.75, 3.05) is 26.2 Å². The van der Waals surface area contributed by atoms with Crippen LogP contribution in [-0.4, -0.2) is 26.2 Å². The van der Waals surface area contributed by atoms with Gasteiger partial charge in [-0.3, -0.25) is 0 Å². The van der Waals surface area contributed by atoms with Gasteiger partial charge < -0.3 is 22.9 Å². The second kappa shape index (κ2) is 26.1. The lowest BCUT2D eigenvalue weighted by Gasteiger charge is -2.25. The highest BCUT2D eigenvalue weighted by Crippen LogP contribution is 2.25. The number of nitrogens with two attached hydrogens (primary N) is 4. The van der Waals surface area contributed by atoms with E-state index in [-0.39, 0.29) is 5.41 Å². The van der Waals surface area contributed by atoms with E-state index in [0.29, 0.717) is 5.92 Å². The van der Waals surface area contributed by atoms with Gasteiger partial charge in [0, 0.05) is 0 Å². The first-order chi connectivity index (χ1) is 14.9. The van der Waals surface area contributed by atoms with Crippen LogP contribution in [0.4, 0.5) is 0 Å². The van der Waals surface area contributed by atoms with Crippen LogP contribution in [0.5, 0.6) is 0 Å². The summed E-state index contributed by atoms with van der Waals surface area (Å²) in [5.74, 6) is 0.707. The Balaban J connectivity index is 0. The van der Waals surface area contributed by atoms with Crippen LogP contribution in [0, 0.1) is 11.3 Å². The molecular weight excluding hydrogens is 380 g/mol. The molecule has 0 saturated heterocycles.